The van der Waals surface area contributed by atoms with Gasteiger partial charge in [0.2, 0.25) is 0 Å². The number of benzene rings is 1. The van der Waals surface area contributed by atoms with Crippen molar-refractivity contribution in [3.8, 4) is 0 Å². The van der Waals surface area contributed by atoms with Gasteiger partial charge in [-0.05, 0) is 36.8 Å². The Morgan fingerprint density at radius 2 is 1.92 bits per heavy atom. The van der Waals surface area contributed by atoms with Crippen LogP contribution in [0.2, 0.25) is 0 Å². The van der Waals surface area contributed by atoms with E-state index in [0.717, 1.165) is 17.7 Å². The van der Waals surface area contributed by atoms with Crippen molar-refractivity contribution in [2.45, 2.75) is 52.5 Å². The van der Waals surface area contributed by atoms with Crippen LogP contribution in [0.1, 0.15) is 39.7 Å². The molecule has 0 unspecified atom stereocenters. The largest absolute Gasteiger partial charge is 0.464 e. The minimum atomic E-state index is -0.536. The van der Waals surface area contributed by atoms with Gasteiger partial charge in [0.05, 0.1) is 12.0 Å². The molecule has 0 bridgehead atoms. The van der Waals surface area contributed by atoms with Crippen LogP contribution in [0.4, 0.5) is 10.5 Å². The maximum Gasteiger partial charge on any atom is 0.329 e. The molecule has 2 atom stereocenters. The third-order valence-corrected chi connectivity index (χ3v) is 5.53. The number of nitrogens with zero attached hydrogens (tertiary/aromatic N) is 1. The summed E-state index contributed by atoms with van der Waals surface area (Å²) in [6.45, 7) is 10.6. The molecule has 26 heavy (non-hydrogen) atoms. The molecule has 1 aliphatic rings. The quantitative estimate of drug-likeness (QED) is 0.740. The van der Waals surface area contributed by atoms with Gasteiger partial charge in [0, 0.05) is 11.4 Å². The van der Waals surface area contributed by atoms with Crippen molar-refractivity contribution in [1.29, 1.82) is 0 Å². The molecule has 1 saturated heterocycles. The first-order valence-corrected chi connectivity index (χ1v) is 10.3. The Morgan fingerprint density at radius 3 is 2.54 bits per heavy atom. The third kappa shape index (κ3) is 5.40. The van der Waals surface area contributed by atoms with Crippen molar-refractivity contribution in [2.24, 2.45) is 11.8 Å². The summed E-state index contributed by atoms with van der Waals surface area (Å²) >= 11 is 1.66. The summed E-state index contributed by atoms with van der Waals surface area (Å²) in [7, 11) is 0. The first kappa shape index (κ1) is 20.6. The maximum atomic E-state index is 13.0. The number of anilines is 1. The molecule has 1 N–H and O–H groups in total. The summed E-state index contributed by atoms with van der Waals surface area (Å²) in [6.07, 6.45) is 0.847. The molecule has 1 aromatic carbocycles. The van der Waals surface area contributed by atoms with Crippen LogP contribution < -0.4 is 5.32 Å². The van der Waals surface area contributed by atoms with Gasteiger partial charge >= 0.3 is 12.0 Å². The average molecular weight is 379 g/mol. The molecular weight excluding hydrogens is 348 g/mol. The molecule has 2 rings (SSSR count). The zero-order chi connectivity index (χ0) is 19.3. The number of aryl methyl sites for hydroxylation is 1. The molecule has 1 fully saturated rings. The fourth-order valence-electron chi connectivity index (χ4n) is 2.84. The molecule has 144 valence electrons. The van der Waals surface area contributed by atoms with Gasteiger partial charge in [-0.1, -0.05) is 45.9 Å². The fraction of sp³-hybridized carbons (Fsp3) is 0.600. The molecule has 1 aliphatic heterocycles. The van der Waals surface area contributed by atoms with E-state index < -0.39 is 6.04 Å². The Kier molecular flexibility index (Phi) is 7.38. The molecule has 2 amide bonds. The van der Waals surface area contributed by atoms with Crippen LogP contribution in [0.5, 0.6) is 0 Å². The standard InChI is InChI=1S/C20H30N2O3S/c1-13(2)10-18-22(17(12-26-18)19(23)25-11-14(3)4)20(24)21-16-9-7-6-8-15(16)5/h6-9,13-14,17-18H,10-12H2,1-5H3,(H,21,24)/t17-,18-/m1/s1. The van der Waals surface area contributed by atoms with Crippen LogP contribution >= 0.6 is 11.8 Å². The van der Waals surface area contributed by atoms with Gasteiger partial charge in [0.25, 0.3) is 0 Å². The predicted octanol–water partition coefficient (Wildman–Crippen LogP) is 4.52. The van der Waals surface area contributed by atoms with Gasteiger partial charge in [-0.25, -0.2) is 9.59 Å². The summed E-state index contributed by atoms with van der Waals surface area (Å²) in [4.78, 5) is 27.2. The van der Waals surface area contributed by atoms with Gasteiger partial charge < -0.3 is 10.1 Å². The number of esters is 1. The van der Waals surface area contributed by atoms with Gasteiger partial charge in [0.1, 0.15) is 6.04 Å². The number of hydrogen-bond acceptors (Lipinski definition) is 4. The normalized spacial score (nSPS) is 19.9. The highest BCUT2D eigenvalue weighted by molar-refractivity contribution is 8.00. The van der Waals surface area contributed by atoms with Crippen molar-refractivity contribution >= 4 is 29.4 Å². The SMILES string of the molecule is Cc1ccccc1NC(=O)N1[C@@H](C(=O)OCC(C)C)CS[C@@H]1CC(C)C. The lowest BCUT2D eigenvalue weighted by Crippen LogP contribution is -2.48. The number of rotatable bonds is 6. The molecule has 1 heterocycles. The van der Waals surface area contributed by atoms with Crippen LogP contribution in [0.15, 0.2) is 24.3 Å². The average Bonchev–Trinajstić information content (AvgIpc) is 2.97. The fourth-order valence-corrected chi connectivity index (χ4v) is 4.47. The van der Waals surface area contributed by atoms with E-state index in [9.17, 15) is 9.59 Å². The van der Waals surface area contributed by atoms with E-state index in [4.69, 9.17) is 4.74 Å². The monoisotopic (exact) mass is 378 g/mol. The van der Waals surface area contributed by atoms with Crippen molar-refractivity contribution in [3.05, 3.63) is 29.8 Å². The second kappa shape index (κ2) is 9.31. The maximum absolute atomic E-state index is 13.0. The van der Waals surface area contributed by atoms with Gasteiger partial charge in [0.15, 0.2) is 0 Å². The van der Waals surface area contributed by atoms with E-state index in [-0.39, 0.29) is 23.3 Å². The Balaban J connectivity index is 2.16. The Morgan fingerprint density at radius 1 is 1.23 bits per heavy atom. The minimum absolute atomic E-state index is 0.0179. The molecule has 6 heteroatoms. The summed E-state index contributed by atoms with van der Waals surface area (Å²) in [5.41, 5.74) is 1.76. The zero-order valence-corrected chi connectivity index (χ0v) is 17.1. The van der Waals surface area contributed by atoms with Crippen LogP contribution in [0.3, 0.4) is 0 Å². The molecular formula is C20H30N2O3S. The highest BCUT2D eigenvalue weighted by atomic mass is 32.2. The number of urea groups is 1. The Hall–Kier alpha value is -1.69. The van der Waals surface area contributed by atoms with E-state index in [2.05, 4.69) is 19.2 Å². The molecule has 5 nitrogen and oxygen atoms in total. The molecule has 0 radical (unpaired) electrons. The van der Waals surface area contributed by atoms with Crippen LogP contribution in [0, 0.1) is 18.8 Å². The van der Waals surface area contributed by atoms with Crippen LogP contribution in [0.25, 0.3) is 0 Å². The number of para-hydroxylation sites is 1. The number of carbonyl (C=O) groups excluding carboxylic acids is 2. The topological polar surface area (TPSA) is 58.6 Å². The lowest BCUT2D eigenvalue weighted by molar-refractivity contribution is -0.149. The van der Waals surface area contributed by atoms with E-state index in [0.29, 0.717) is 18.3 Å². The summed E-state index contributed by atoms with van der Waals surface area (Å²) < 4.78 is 5.42. The first-order valence-electron chi connectivity index (χ1n) is 9.22. The number of hydrogen-bond donors (Lipinski definition) is 1. The van der Waals surface area contributed by atoms with E-state index in [1.807, 2.05) is 45.0 Å². The number of carbonyl (C=O) groups is 2. The Labute approximate surface area is 160 Å². The first-order chi connectivity index (χ1) is 12.3. The van der Waals surface area contributed by atoms with Crippen molar-refractivity contribution < 1.29 is 14.3 Å². The van der Waals surface area contributed by atoms with Gasteiger partial charge in [-0.2, -0.15) is 0 Å². The Bertz CT molecular complexity index is 633. The van der Waals surface area contributed by atoms with Crippen LogP contribution in [-0.4, -0.2) is 40.7 Å². The zero-order valence-electron chi connectivity index (χ0n) is 16.3. The third-order valence-electron chi connectivity index (χ3n) is 4.22. The van der Waals surface area contributed by atoms with E-state index >= 15 is 0 Å². The molecule has 0 spiro atoms. The summed E-state index contributed by atoms with van der Waals surface area (Å²) in [5, 5.41) is 2.95. The number of nitrogens with one attached hydrogen (secondary N) is 1. The minimum Gasteiger partial charge on any atom is -0.464 e. The summed E-state index contributed by atoms with van der Waals surface area (Å²) in [5.74, 6) is 0.980. The number of amides is 2. The van der Waals surface area contributed by atoms with Crippen molar-refractivity contribution in [2.75, 3.05) is 17.7 Å². The molecule has 0 saturated carbocycles. The molecule has 0 aliphatic carbocycles. The highest BCUT2D eigenvalue weighted by Gasteiger charge is 2.42. The van der Waals surface area contributed by atoms with Crippen molar-refractivity contribution in [1.82, 2.24) is 4.90 Å². The van der Waals surface area contributed by atoms with E-state index in [1.54, 1.807) is 16.7 Å². The number of ether oxygens (including phenoxy) is 1. The van der Waals surface area contributed by atoms with Crippen LogP contribution in [-0.2, 0) is 9.53 Å². The highest BCUT2D eigenvalue weighted by Crippen LogP contribution is 2.34. The molecule has 0 aromatic heterocycles. The van der Waals surface area contributed by atoms with E-state index in [1.165, 1.54) is 0 Å². The summed E-state index contributed by atoms with van der Waals surface area (Å²) in [6, 6.07) is 6.88. The predicted molar refractivity (Wildman–Crippen MR) is 107 cm³/mol. The number of thioether (sulfide) groups is 1. The van der Waals surface area contributed by atoms with Gasteiger partial charge in [-0.15, -0.1) is 11.8 Å². The van der Waals surface area contributed by atoms with Crippen molar-refractivity contribution in [3.63, 3.8) is 0 Å². The molecule has 1 aromatic rings. The second-order valence-electron chi connectivity index (χ2n) is 7.61. The van der Waals surface area contributed by atoms with Gasteiger partial charge in [-0.3, -0.25) is 4.90 Å². The smallest absolute Gasteiger partial charge is 0.329 e. The second-order valence-corrected chi connectivity index (χ2v) is 8.82. The lowest BCUT2D eigenvalue weighted by atomic mass is 10.1. The lowest BCUT2D eigenvalue weighted by Gasteiger charge is -2.29.